The third kappa shape index (κ3) is 1.62. The maximum atomic E-state index is 10.7. The number of carboxylic acid groups (broad SMARTS) is 1. The Morgan fingerprint density at radius 1 is 1.42 bits per heavy atom. The summed E-state index contributed by atoms with van der Waals surface area (Å²) in [5.74, 6) is 0.491. The maximum absolute atomic E-state index is 10.7. The molecule has 0 aromatic rings. The molecule has 0 heterocycles. The fourth-order valence-electron chi connectivity index (χ4n) is 2.29. The Bertz CT molecular complexity index is 161. The van der Waals surface area contributed by atoms with Crippen LogP contribution in [0.4, 0.5) is 0 Å². The van der Waals surface area contributed by atoms with Gasteiger partial charge in [-0.1, -0.05) is 26.7 Å². The van der Waals surface area contributed by atoms with Crippen molar-refractivity contribution in [1.82, 2.24) is 0 Å². The lowest BCUT2D eigenvalue weighted by Crippen LogP contribution is -2.37. The zero-order valence-electron chi connectivity index (χ0n) is 7.92. The van der Waals surface area contributed by atoms with E-state index in [1.807, 2.05) is 0 Å². The number of carbonyl (C=O) groups is 1. The topological polar surface area (TPSA) is 37.3 Å². The maximum Gasteiger partial charge on any atom is 0.306 e. The van der Waals surface area contributed by atoms with Crippen LogP contribution >= 0.6 is 0 Å². The highest BCUT2D eigenvalue weighted by Crippen LogP contribution is 2.42. The molecule has 1 rings (SSSR count). The van der Waals surface area contributed by atoms with Crippen LogP contribution in [-0.2, 0) is 4.79 Å². The third-order valence-corrected chi connectivity index (χ3v) is 3.30. The van der Waals surface area contributed by atoms with Crippen molar-refractivity contribution in [3.8, 4) is 0 Å². The Hall–Kier alpha value is -0.530. The van der Waals surface area contributed by atoms with Crippen LogP contribution in [0.15, 0.2) is 0 Å². The molecule has 1 saturated carbocycles. The van der Waals surface area contributed by atoms with Crippen LogP contribution in [0.5, 0.6) is 0 Å². The number of rotatable bonds is 4. The van der Waals surface area contributed by atoms with Gasteiger partial charge in [-0.3, -0.25) is 4.79 Å². The van der Waals surface area contributed by atoms with Gasteiger partial charge in [0.2, 0.25) is 0 Å². The summed E-state index contributed by atoms with van der Waals surface area (Å²) >= 11 is 0. The van der Waals surface area contributed by atoms with Crippen molar-refractivity contribution in [3.63, 3.8) is 0 Å². The first-order chi connectivity index (χ1) is 5.70. The smallest absolute Gasteiger partial charge is 0.306 e. The molecule has 2 unspecified atom stereocenters. The molecule has 0 bridgehead atoms. The van der Waals surface area contributed by atoms with Crippen molar-refractivity contribution < 1.29 is 9.90 Å². The molecule has 0 aromatic carbocycles. The molecule has 70 valence electrons. The van der Waals surface area contributed by atoms with Crippen molar-refractivity contribution in [1.29, 1.82) is 0 Å². The molecule has 1 aliphatic carbocycles. The van der Waals surface area contributed by atoms with Crippen molar-refractivity contribution in [2.45, 2.75) is 39.5 Å². The third-order valence-electron chi connectivity index (χ3n) is 3.30. The predicted octanol–water partition coefficient (Wildman–Crippen LogP) is 2.53. The second-order valence-corrected chi connectivity index (χ2v) is 3.76. The molecule has 0 aromatic heterocycles. The largest absolute Gasteiger partial charge is 0.481 e. The van der Waals surface area contributed by atoms with Crippen LogP contribution in [0, 0.1) is 17.8 Å². The highest BCUT2D eigenvalue weighted by molar-refractivity contribution is 5.71. The van der Waals surface area contributed by atoms with Crippen molar-refractivity contribution in [2.75, 3.05) is 0 Å². The minimum absolute atomic E-state index is 0.0325. The molecule has 2 nitrogen and oxygen atoms in total. The van der Waals surface area contributed by atoms with Gasteiger partial charge in [-0.2, -0.15) is 0 Å². The summed E-state index contributed by atoms with van der Waals surface area (Å²) in [6.07, 6.45) is 4.29. The Morgan fingerprint density at radius 2 is 2.00 bits per heavy atom. The highest BCUT2D eigenvalue weighted by atomic mass is 16.4. The predicted molar refractivity (Wildman–Crippen MR) is 47.9 cm³/mol. The summed E-state index contributed by atoms with van der Waals surface area (Å²) in [6, 6.07) is 0. The lowest BCUT2D eigenvalue weighted by atomic mass is 9.65. The SMILES string of the molecule is CCC(CC)C1CCC1C(=O)O. The van der Waals surface area contributed by atoms with Gasteiger partial charge in [0.15, 0.2) is 0 Å². The first kappa shape index (κ1) is 9.56. The molecule has 1 fully saturated rings. The Kier molecular flexibility index (Phi) is 3.12. The van der Waals surface area contributed by atoms with Gasteiger partial charge in [0.1, 0.15) is 0 Å². The quantitative estimate of drug-likeness (QED) is 0.704. The van der Waals surface area contributed by atoms with Crippen LogP contribution in [0.1, 0.15) is 39.5 Å². The number of hydrogen-bond donors (Lipinski definition) is 1. The monoisotopic (exact) mass is 170 g/mol. The van der Waals surface area contributed by atoms with Crippen LogP contribution in [-0.4, -0.2) is 11.1 Å². The minimum atomic E-state index is -0.585. The summed E-state index contributed by atoms with van der Waals surface area (Å²) in [5.41, 5.74) is 0. The zero-order valence-corrected chi connectivity index (χ0v) is 7.92. The van der Waals surface area contributed by atoms with E-state index in [9.17, 15) is 4.79 Å². The molecule has 2 atom stereocenters. The number of carboxylic acids is 1. The summed E-state index contributed by atoms with van der Waals surface area (Å²) in [5, 5.41) is 8.84. The fourth-order valence-corrected chi connectivity index (χ4v) is 2.29. The van der Waals surface area contributed by atoms with Crippen molar-refractivity contribution >= 4 is 5.97 Å². The van der Waals surface area contributed by atoms with E-state index in [2.05, 4.69) is 13.8 Å². The Morgan fingerprint density at radius 3 is 2.25 bits per heavy atom. The van der Waals surface area contributed by atoms with E-state index < -0.39 is 5.97 Å². The molecule has 0 amide bonds. The lowest BCUT2D eigenvalue weighted by Gasteiger charge is -2.38. The van der Waals surface area contributed by atoms with E-state index in [1.54, 1.807) is 0 Å². The Labute approximate surface area is 74.0 Å². The molecule has 2 heteroatoms. The molecule has 12 heavy (non-hydrogen) atoms. The van der Waals surface area contributed by atoms with Gasteiger partial charge < -0.3 is 5.11 Å². The van der Waals surface area contributed by atoms with Crippen LogP contribution in [0.3, 0.4) is 0 Å². The van der Waals surface area contributed by atoms with Gasteiger partial charge in [-0.15, -0.1) is 0 Å². The van der Waals surface area contributed by atoms with E-state index in [4.69, 9.17) is 5.11 Å². The van der Waals surface area contributed by atoms with Gasteiger partial charge in [-0.05, 0) is 24.7 Å². The lowest BCUT2D eigenvalue weighted by molar-refractivity contribution is -0.149. The summed E-state index contributed by atoms with van der Waals surface area (Å²) in [6.45, 7) is 4.32. The second kappa shape index (κ2) is 3.92. The molecular weight excluding hydrogens is 152 g/mol. The van der Waals surface area contributed by atoms with Gasteiger partial charge >= 0.3 is 5.97 Å². The van der Waals surface area contributed by atoms with Gasteiger partial charge in [0, 0.05) is 0 Å². The molecule has 0 aliphatic heterocycles. The van der Waals surface area contributed by atoms with E-state index >= 15 is 0 Å². The summed E-state index contributed by atoms with van der Waals surface area (Å²) in [4.78, 5) is 10.7. The van der Waals surface area contributed by atoms with E-state index in [-0.39, 0.29) is 5.92 Å². The van der Waals surface area contributed by atoms with Crippen LogP contribution in [0.2, 0.25) is 0 Å². The van der Waals surface area contributed by atoms with Crippen molar-refractivity contribution in [2.24, 2.45) is 17.8 Å². The normalized spacial score (nSPS) is 28.6. The zero-order chi connectivity index (χ0) is 9.14. The van der Waals surface area contributed by atoms with Gasteiger partial charge in [0.05, 0.1) is 5.92 Å². The number of aliphatic carboxylic acids is 1. The van der Waals surface area contributed by atoms with Crippen LogP contribution < -0.4 is 0 Å². The number of hydrogen-bond acceptors (Lipinski definition) is 1. The molecule has 0 radical (unpaired) electrons. The molecule has 0 saturated heterocycles. The van der Waals surface area contributed by atoms with Crippen LogP contribution in [0.25, 0.3) is 0 Å². The Balaban J connectivity index is 2.46. The van der Waals surface area contributed by atoms with E-state index in [0.29, 0.717) is 11.8 Å². The average molecular weight is 170 g/mol. The minimum Gasteiger partial charge on any atom is -0.481 e. The molecule has 1 aliphatic rings. The molecule has 1 N–H and O–H groups in total. The van der Waals surface area contributed by atoms with E-state index in [0.717, 1.165) is 25.7 Å². The van der Waals surface area contributed by atoms with Gasteiger partial charge in [0.25, 0.3) is 0 Å². The van der Waals surface area contributed by atoms with Gasteiger partial charge in [-0.25, -0.2) is 0 Å². The van der Waals surface area contributed by atoms with Crippen molar-refractivity contribution in [3.05, 3.63) is 0 Å². The standard InChI is InChI=1S/C10H18O2/c1-3-7(4-2)8-5-6-9(8)10(11)12/h7-9H,3-6H2,1-2H3,(H,11,12). The first-order valence-electron chi connectivity index (χ1n) is 4.93. The molecular formula is C10H18O2. The summed E-state index contributed by atoms with van der Waals surface area (Å²) < 4.78 is 0. The fraction of sp³-hybridized carbons (Fsp3) is 0.900. The average Bonchev–Trinajstić information content (AvgIpc) is 1.96. The highest BCUT2D eigenvalue weighted by Gasteiger charge is 2.39. The molecule has 0 spiro atoms. The summed E-state index contributed by atoms with van der Waals surface area (Å²) in [7, 11) is 0. The first-order valence-corrected chi connectivity index (χ1v) is 4.93. The van der Waals surface area contributed by atoms with E-state index in [1.165, 1.54) is 0 Å². The second-order valence-electron chi connectivity index (χ2n) is 3.76.